The van der Waals surface area contributed by atoms with Gasteiger partial charge in [-0.3, -0.25) is 0 Å². The summed E-state index contributed by atoms with van der Waals surface area (Å²) in [7, 11) is 1.78. The predicted molar refractivity (Wildman–Crippen MR) is 38.0 cm³/mol. The van der Waals surface area contributed by atoms with E-state index in [9.17, 15) is 0 Å². The first-order chi connectivity index (χ1) is 3.66. The Hall–Kier alpha value is 0.930. The molecule has 2 nitrogen and oxygen atoms in total. The highest BCUT2D eigenvalue weighted by Gasteiger charge is 2.01. The van der Waals surface area contributed by atoms with Crippen LogP contribution < -0.4 is 0 Å². The molecule has 0 N–H and O–H groups in total. The van der Waals surface area contributed by atoms with Crippen molar-refractivity contribution in [2.24, 2.45) is 0 Å². The zero-order valence-electron chi connectivity index (χ0n) is 4.77. The Morgan fingerprint density at radius 3 is 2.25 bits per heavy atom. The molecule has 0 saturated heterocycles. The summed E-state index contributed by atoms with van der Waals surface area (Å²) in [5.74, 6) is 0. The molecule has 0 spiro atoms. The van der Waals surface area contributed by atoms with E-state index in [1.54, 1.807) is 12.1 Å². The van der Waals surface area contributed by atoms with Crippen LogP contribution in [0.25, 0.3) is 0 Å². The minimum absolute atomic E-state index is 0.790. The van der Waals surface area contributed by atoms with Crippen LogP contribution >= 0.6 is 29.3 Å². The largest absolute Gasteiger partial charge is 0.246 e. The monoisotopic (exact) mass is 175 g/mol. The van der Waals surface area contributed by atoms with Gasteiger partial charge in [-0.25, -0.2) is 4.62 Å². The van der Waals surface area contributed by atoms with Crippen LogP contribution in [0.1, 0.15) is 6.92 Å². The topological polar surface area (TPSA) is 12.5 Å². The summed E-state index contributed by atoms with van der Waals surface area (Å²) in [6.07, 6.45) is 0. The molecule has 0 amide bonds. The molecule has 0 aromatic carbocycles. The average molecular weight is 176 g/mol. The van der Waals surface area contributed by atoms with Crippen molar-refractivity contribution in [3.05, 3.63) is 0 Å². The van der Waals surface area contributed by atoms with E-state index < -0.39 is 6.85 Å². The van der Waals surface area contributed by atoms with Crippen molar-refractivity contribution in [2.45, 2.75) is 6.92 Å². The normalized spacial score (nSPS) is 11.2. The van der Waals surface area contributed by atoms with Crippen molar-refractivity contribution in [3.63, 3.8) is 0 Å². The van der Waals surface area contributed by atoms with Crippen LogP contribution in [0.5, 0.6) is 0 Å². The van der Waals surface area contributed by atoms with E-state index in [2.05, 4.69) is 0 Å². The average Bonchev–Trinajstić information content (AvgIpc) is 1.65. The van der Waals surface area contributed by atoms with Crippen molar-refractivity contribution in [1.29, 1.82) is 0 Å². The summed E-state index contributed by atoms with van der Waals surface area (Å²) in [6.45, 7) is 1.47. The lowest BCUT2D eigenvalue weighted by atomic mass is 10.8. The Bertz CT molecular complexity index is 63.2. The van der Waals surface area contributed by atoms with Gasteiger partial charge < -0.3 is 0 Å². The molecule has 0 aliphatic rings. The van der Waals surface area contributed by atoms with Gasteiger partial charge in [-0.05, 0) is 22.5 Å². The second kappa shape index (κ2) is 4.78. The van der Waals surface area contributed by atoms with Gasteiger partial charge in [0.1, 0.15) is 0 Å². The number of hydrogen-bond acceptors (Lipinski definition) is 2. The molecule has 0 radical (unpaired) electrons. The molecule has 0 rings (SSSR count). The zero-order valence-corrected chi connectivity index (χ0v) is 7.17. The second-order valence-electron chi connectivity index (χ2n) is 1.23. The van der Waals surface area contributed by atoms with Gasteiger partial charge in [-0.15, -0.1) is 0 Å². The second-order valence-corrected chi connectivity index (χ2v) is 4.16. The molecular formula is C3H8Cl2NOP. The number of hydrogen-bond donors (Lipinski definition) is 0. The smallest absolute Gasteiger partial charge is 0.244 e. The highest BCUT2D eigenvalue weighted by molar-refractivity contribution is 8.00. The number of rotatable bonds is 3. The molecule has 0 aromatic rings. The van der Waals surface area contributed by atoms with Gasteiger partial charge in [0.15, 0.2) is 0 Å². The Morgan fingerprint density at radius 2 is 2.12 bits per heavy atom. The SMILES string of the molecule is CCN(C)OP(Cl)Cl. The van der Waals surface area contributed by atoms with Crippen LogP contribution in [0.2, 0.25) is 0 Å². The first-order valence-corrected chi connectivity index (χ1v) is 5.24. The third-order valence-corrected chi connectivity index (χ3v) is 1.42. The summed E-state index contributed by atoms with van der Waals surface area (Å²) in [5.41, 5.74) is 0. The van der Waals surface area contributed by atoms with Gasteiger partial charge in [0.05, 0.1) is 0 Å². The van der Waals surface area contributed by atoms with Crippen LogP contribution in [0.4, 0.5) is 0 Å². The summed E-state index contributed by atoms with van der Waals surface area (Å²) in [5, 5.41) is 1.59. The van der Waals surface area contributed by atoms with Crippen LogP contribution in [0.15, 0.2) is 0 Å². The summed E-state index contributed by atoms with van der Waals surface area (Å²) in [4.78, 5) is 0. The van der Waals surface area contributed by atoms with Crippen LogP contribution in [0.3, 0.4) is 0 Å². The molecule has 0 fully saturated rings. The van der Waals surface area contributed by atoms with Gasteiger partial charge in [0.25, 0.3) is 0 Å². The molecule has 50 valence electrons. The lowest BCUT2D eigenvalue weighted by Gasteiger charge is -2.12. The fraction of sp³-hybridized carbons (Fsp3) is 1.00. The third kappa shape index (κ3) is 5.07. The molecule has 0 aliphatic heterocycles. The van der Waals surface area contributed by atoms with Crippen molar-refractivity contribution < 1.29 is 4.62 Å². The standard InChI is InChI=1S/C3H8Cl2NOP/c1-3-6(2)7-8(4)5/h3H2,1-2H3. The lowest BCUT2D eigenvalue weighted by Crippen LogP contribution is -2.13. The van der Waals surface area contributed by atoms with Gasteiger partial charge in [0, 0.05) is 13.6 Å². The van der Waals surface area contributed by atoms with Gasteiger partial charge >= 0.3 is 0 Å². The van der Waals surface area contributed by atoms with Gasteiger partial charge in [-0.1, -0.05) is 6.92 Å². The Kier molecular flexibility index (Phi) is 5.33. The Labute approximate surface area is 60.1 Å². The number of halogens is 2. The molecular weight excluding hydrogens is 168 g/mol. The minimum atomic E-state index is -1.28. The Balaban J connectivity index is 3.10. The van der Waals surface area contributed by atoms with Crippen molar-refractivity contribution in [1.82, 2.24) is 5.06 Å². The van der Waals surface area contributed by atoms with E-state index in [4.69, 9.17) is 27.1 Å². The number of hydroxylamine groups is 2. The molecule has 5 heteroatoms. The van der Waals surface area contributed by atoms with E-state index in [-0.39, 0.29) is 0 Å². The molecule has 8 heavy (non-hydrogen) atoms. The summed E-state index contributed by atoms with van der Waals surface area (Å²) < 4.78 is 4.83. The minimum Gasteiger partial charge on any atom is -0.244 e. The highest BCUT2D eigenvalue weighted by atomic mass is 35.9. The maximum absolute atomic E-state index is 5.32. The zero-order chi connectivity index (χ0) is 6.57. The fourth-order valence-corrected chi connectivity index (χ4v) is 1.12. The molecule has 0 bridgehead atoms. The van der Waals surface area contributed by atoms with E-state index in [1.165, 1.54) is 0 Å². The summed E-state index contributed by atoms with van der Waals surface area (Å²) in [6, 6.07) is 0. The maximum atomic E-state index is 5.32. The molecule has 0 aliphatic carbocycles. The highest BCUT2D eigenvalue weighted by Crippen LogP contribution is 2.48. The van der Waals surface area contributed by atoms with Gasteiger partial charge in [-0.2, -0.15) is 5.06 Å². The quantitative estimate of drug-likeness (QED) is 0.483. The first-order valence-electron chi connectivity index (χ1n) is 2.17. The van der Waals surface area contributed by atoms with Crippen LogP contribution in [-0.4, -0.2) is 18.7 Å². The molecule has 0 atom stereocenters. The lowest BCUT2D eigenvalue weighted by molar-refractivity contribution is -0.00755. The van der Waals surface area contributed by atoms with Crippen molar-refractivity contribution >= 4 is 29.3 Å². The van der Waals surface area contributed by atoms with E-state index in [0.717, 1.165) is 6.54 Å². The van der Waals surface area contributed by atoms with Crippen LogP contribution in [-0.2, 0) is 4.62 Å². The van der Waals surface area contributed by atoms with E-state index >= 15 is 0 Å². The summed E-state index contributed by atoms with van der Waals surface area (Å²) >= 11 is 10.6. The van der Waals surface area contributed by atoms with E-state index in [0.29, 0.717) is 0 Å². The van der Waals surface area contributed by atoms with Crippen molar-refractivity contribution in [3.8, 4) is 0 Å². The predicted octanol–water partition coefficient (Wildman–Crippen LogP) is 2.57. The molecule has 0 unspecified atom stereocenters. The van der Waals surface area contributed by atoms with Crippen molar-refractivity contribution in [2.75, 3.05) is 13.6 Å². The third-order valence-electron chi connectivity index (χ3n) is 0.646. The molecule has 0 heterocycles. The first kappa shape index (κ1) is 8.93. The Morgan fingerprint density at radius 1 is 1.62 bits per heavy atom. The maximum Gasteiger partial charge on any atom is 0.246 e. The molecule has 0 aromatic heterocycles. The van der Waals surface area contributed by atoms with Crippen LogP contribution in [0, 0.1) is 0 Å². The number of nitrogens with zero attached hydrogens (tertiary/aromatic N) is 1. The molecule has 0 saturated carbocycles. The van der Waals surface area contributed by atoms with E-state index in [1.807, 2.05) is 6.92 Å². The van der Waals surface area contributed by atoms with Gasteiger partial charge in [0.2, 0.25) is 6.85 Å². The fourth-order valence-electron chi connectivity index (χ4n) is 0.163.